The molecule has 1 unspecified atom stereocenters. The van der Waals surface area contributed by atoms with E-state index in [2.05, 4.69) is 12.2 Å². The van der Waals surface area contributed by atoms with E-state index in [0.29, 0.717) is 6.04 Å². The van der Waals surface area contributed by atoms with E-state index in [1.165, 1.54) is 0 Å². The van der Waals surface area contributed by atoms with E-state index in [4.69, 9.17) is 0 Å². The molecule has 0 saturated carbocycles. The van der Waals surface area contributed by atoms with Crippen molar-refractivity contribution in [3.8, 4) is 0 Å². The molecule has 1 fully saturated rings. The van der Waals surface area contributed by atoms with Crippen LogP contribution in [0.2, 0.25) is 0 Å². The lowest BCUT2D eigenvalue weighted by Crippen LogP contribution is -2.39. The Morgan fingerprint density at radius 1 is 1.58 bits per heavy atom. The van der Waals surface area contributed by atoms with Gasteiger partial charge in [-0.15, -0.1) is 0 Å². The monoisotopic (exact) mass is 171 g/mol. The van der Waals surface area contributed by atoms with Crippen molar-refractivity contribution < 1.29 is 4.79 Å². The summed E-state index contributed by atoms with van der Waals surface area (Å²) in [6, 6.07) is 0.526. The first-order valence-corrected chi connectivity index (χ1v) is 4.32. The number of carbonyl (C=O) groups excluding carboxylic acids is 1. The Morgan fingerprint density at radius 3 is 2.67 bits per heavy atom. The maximum Gasteiger partial charge on any atom is 0.319 e. The van der Waals surface area contributed by atoms with Gasteiger partial charge in [0, 0.05) is 32.7 Å². The Kier molecular flexibility index (Phi) is 2.92. The van der Waals surface area contributed by atoms with Crippen molar-refractivity contribution in [1.29, 1.82) is 0 Å². The number of carbonyl (C=O) groups is 1. The second-order valence-electron chi connectivity index (χ2n) is 3.34. The number of nitrogens with one attached hydrogen (secondary N) is 1. The van der Waals surface area contributed by atoms with Gasteiger partial charge in [-0.05, 0) is 14.0 Å². The zero-order chi connectivity index (χ0) is 9.14. The number of hydrogen-bond donors (Lipinski definition) is 1. The van der Waals surface area contributed by atoms with Gasteiger partial charge in [0.2, 0.25) is 0 Å². The number of hydrogen-bond acceptors (Lipinski definition) is 2. The average molecular weight is 171 g/mol. The zero-order valence-corrected chi connectivity index (χ0v) is 8.00. The highest BCUT2D eigenvalue weighted by atomic mass is 16.2. The van der Waals surface area contributed by atoms with Crippen LogP contribution in [-0.4, -0.2) is 55.6 Å². The second-order valence-corrected chi connectivity index (χ2v) is 3.34. The van der Waals surface area contributed by atoms with Crippen molar-refractivity contribution in [2.45, 2.75) is 13.0 Å². The summed E-state index contributed by atoms with van der Waals surface area (Å²) in [6.45, 7) is 4.60. The molecule has 70 valence electrons. The third kappa shape index (κ3) is 1.88. The lowest BCUT2D eigenvalue weighted by atomic mass is 10.3. The fourth-order valence-corrected chi connectivity index (χ4v) is 1.29. The predicted molar refractivity (Wildman–Crippen MR) is 48.1 cm³/mol. The van der Waals surface area contributed by atoms with E-state index in [1.54, 1.807) is 4.90 Å². The van der Waals surface area contributed by atoms with Crippen molar-refractivity contribution in [3.63, 3.8) is 0 Å². The number of rotatable bonds is 3. The molecule has 1 aliphatic rings. The number of urea groups is 1. The Balaban J connectivity index is 2.39. The maximum atomic E-state index is 11.4. The van der Waals surface area contributed by atoms with Crippen molar-refractivity contribution >= 4 is 6.03 Å². The third-order valence-corrected chi connectivity index (χ3v) is 2.29. The smallest absolute Gasteiger partial charge is 0.319 e. The van der Waals surface area contributed by atoms with Gasteiger partial charge in [-0.2, -0.15) is 0 Å². The minimum absolute atomic E-state index is 0.150. The summed E-state index contributed by atoms with van der Waals surface area (Å²) in [5, 5.41) is 3.11. The van der Waals surface area contributed by atoms with Crippen LogP contribution < -0.4 is 5.32 Å². The van der Waals surface area contributed by atoms with Gasteiger partial charge < -0.3 is 15.1 Å². The summed E-state index contributed by atoms with van der Waals surface area (Å²) in [5.41, 5.74) is 0. The molecule has 1 heterocycles. The standard InChI is InChI=1S/C8H17N3O/c1-7(9-2)6-11-5-4-10(3)8(11)12/h7,9H,4-6H2,1-3H3. The number of amides is 2. The number of nitrogens with zero attached hydrogens (tertiary/aromatic N) is 2. The van der Waals surface area contributed by atoms with Crippen molar-refractivity contribution in [2.24, 2.45) is 0 Å². The van der Waals surface area contributed by atoms with Gasteiger partial charge in [0.05, 0.1) is 0 Å². The van der Waals surface area contributed by atoms with Gasteiger partial charge in [0.25, 0.3) is 0 Å². The summed E-state index contributed by atoms with van der Waals surface area (Å²) < 4.78 is 0. The first-order valence-electron chi connectivity index (χ1n) is 4.32. The summed E-state index contributed by atoms with van der Waals surface area (Å²) >= 11 is 0. The minimum Gasteiger partial charge on any atom is -0.326 e. The third-order valence-electron chi connectivity index (χ3n) is 2.29. The second kappa shape index (κ2) is 3.76. The van der Waals surface area contributed by atoms with Crippen molar-refractivity contribution in [1.82, 2.24) is 15.1 Å². The summed E-state index contributed by atoms with van der Waals surface area (Å²) in [6.07, 6.45) is 0. The Bertz CT molecular complexity index is 172. The van der Waals surface area contributed by atoms with Gasteiger partial charge in [-0.1, -0.05) is 0 Å². The van der Waals surface area contributed by atoms with E-state index in [9.17, 15) is 4.79 Å². The molecule has 1 saturated heterocycles. The first kappa shape index (κ1) is 9.32. The highest BCUT2D eigenvalue weighted by molar-refractivity contribution is 5.76. The van der Waals surface area contributed by atoms with Gasteiger partial charge >= 0.3 is 6.03 Å². The van der Waals surface area contributed by atoms with Crippen LogP contribution in [0.5, 0.6) is 0 Å². The quantitative estimate of drug-likeness (QED) is 0.647. The van der Waals surface area contributed by atoms with Gasteiger partial charge in [0.1, 0.15) is 0 Å². The maximum absolute atomic E-state index is 11.4. The lowest BCUT2D eigenvalue weighted by Gasteiger charge is -2.19. The van der Waals surface area contributed by atoms with E-state index < -0.39 is 0 Å². The topological polar surface area (TPSA) is 35.6 Å². The zero-order valence-electron chi connectivity index (χ0n) is 8.00. The van der Waals surface area contributed by atoms with E-state index in [0.717, 1.165) is 19.6 Å². The van der Waals surface area contributed by atoms with Crippen LogP contribution in [0.1, 0.15) is 6.92 Å². The molecule has 4 nitrogen and oxygen atoms in total. The molecular formula is C8H17N3O. The van der Waals surface area contributed by atoms with Crippen LogP contribution in [0, 0.1) is 0 Å². The molecule has 2 amide bonds. The molecule has 0 aromatic carbocycles. The van der Waals surface area contributed by atoms with Gasteiger partial charge in [-0.25, -0.2) is 4.79 Å². The fraction of sp³-hybridized carbons (Fsp3) is 0.875. The first-order chi connectivity index (χ1) is 5.65. The highest BCUT2D eigenvalue weighted by Gasteiger charge is 2.25. The van der Waals surface area contributed by atoms with E-state index in [1.807, 2.05) is 19.0 Å². The van der Waals surface area contributed by atoms with Gasteiger partial charge in [0.15, 0.2) is 0 Å². The van der Waals surface area contributed by atoms with Crippen LogP contribution in [0.15, 0.2) is 0 Å². The molecule has 0 aliphatic carbocycles. The van der Waals surface area contributed by atoms with Gasteiger partial charge in [-0.3, -0.25) is 0 Å². The van der Waals surface area contributed by atoms with Crippen molar-refractivity contribution in [3.05, 3.63) is 0 Å². The summed E-state index contributed by atoms with van der Waals surface area (Å²) in [7, 11) is 3.75. The van der Waals surface area contributed by atoms with Crippen LogP contribution in [0.25, 0.3) is 0 Å². The molecule has 1 aliphatic heterocycles. The highest BCUT2D eigenvalue weighted by Crippen LogP contribution is 2.05. The van der Waals surface area contributed by atoms with Crippen LogP contribution in [0.4, 0.5) is 4.79 Å². The molecule has 12 heavy (non-hydrogen) atoms. The van der Waals surface area contributed by atoms with Crippen molar-refractivity contribution in [2.75, 3.05) is 33.7 Å². The Morgan fingerprint density at radius 2 is 2.25 bits per heavy atom. The number of likely N-dealkylation sites (N-methyl/N-ethyl adjacent to an activating group) is 2. The van der Waals surface area contributed by atoms with E-state index in [-0.39, 0.29) is 6.03 Å². The Hall–Kier alpha value is -0.770. The SMILES string of the molecule is CNC(C)CN1CCN(C)C1=O. The molecule has 0 aromatic heterocycles. The Labute approximate surface area is 73.5 Å². The normalized spacial score (nSPS) is 20.4. The molecule has 1 N–H and O–H groups in total. The predicted octanol–water partition coefficient (Wildman–Crippen LogP) is -0.0383. The average Bonchev–Trinajstić information content (AvgIpc) is 2.36. The van der Waals surface area contributed by atoms with Crippen LogP contribution >= 0.6 is 0 Å². The largest absolute Gasteiger partial charge is 0.326 e. The molecule has 0 aromatic rings. The van der Waals surface area contributed by atoms with Crippen LogP contribution in [-0.2, 0) is 0 Å². The summed E-state index contributed by atoms with van der Waals surface area (Å²) in [4.78, 5) is 15.0. The molecule has 0 spiro atoms. The van der Waals surface area contributed by atoms with Crippen LogP contribution in [0.3, 0.4) is 0 Å². The molecule has 1 atom stereocenters. The molecule has 4 heteroatoms. The summed E-state index contributed by atoms with van der Waals surface area (Å²) in [5.74, 6) is 0. The molecular weight excluding hydrogens is 154 g/mol. The lowest BCUT2D eigenvalue weighted by molar-refractivity contribution is 0.195. The molecule has 0 radical (unpaired) electrons. The fourth-order valence-electron chi connectivity index (χ4n) is 1.29. The van der Waals surface area contributed by atoms with E-state index >= 15 is 0 Å². The molecule has 0 bridgehead atoms. The minimum atomic E-state index is 0.150. The molecule has 1 rings (SSSR count).